The number of hydrogen-bond donors (Lipinski definition) is 2. The summed E-state index contributed by atoms with van der Waals surface area (Å²) >= 11 is 9.73. The molecule has 0 bridgehead atoms. The van der Waals surface area contributed by atoms with Gasteiger partial charge in [-0.25, -0.2) is 8.42 Å². The number of Topliss-reactive ketones (excluding diaryl/α,β-unsaturated/α-hetero) is 1. The van der Waals surface area contributed by atoms with Crippen LogP contribution in [0.15, 0.2) is 52.7 Å². The summed E-state index contributed by atoms with van der Waals surface area (Å²) in [4.78, 5) is 38.5. The molecule has 8 nitrogen and oxygen atoms in total. The molecule has 0 aliphatic heterocycles. The van der Waals surface area contributed by atoms with Crippen molar-refractivity contribution in [1.82, 2.24) is 5.32 Å². The molecule has 0 saturated heterocycles. The van der Waals surface area contributed by atoms with Gasteiger partial charge in [-0.05, 0) is 35.9 Å². The Morgan fingerprint density at radius 2 is 1.73 bits per heavy atom. The summed E-state index contributed by atoms with van der Waals surface area (Å²) in [5, 5.41) is 12.4. The molecule has 2 heterocycles. The van der Waals surface area contributed by atoms with E-state index in [1.807, 2.05) is 18.2 Å². The highest BCUT2D eigenvalue weighted by molar-refractivity contribution is 7.99. The van der Waals surface area contributed by atoms with E-state index in [0.717, 1.165) is 32.9 Å². The third-order valence-corrected chi connectivity index (χ3v) is 10.2. The standard InChI is InChI=1S/C24H24ClNO7S4/c1-37(31,32)23-9-7-17(36-23)12-33-11-16-6-8-21(35-16)24(30)26-19(10-22(28)29)20(27)14-34-13-15-4-2-3-5-18(15)25/h2-9,19H,10-14H2,1H3,(H,26,30)(H,28,29)/t19-/m0/s1. The zero-order valence-corrected chi connectivity index (χ0v) is 23.7. The van der Waals surface area contributed by atoms with Crippen molar-refractivity contribution in [3.8, 4) is 0 Å². The Hall–Kier alpha value is -2.22. The Morgan fingerprint density at radius 3 is 2.38 bits per heavy atom. The monoisotopic (exact) mass is 601 g/mol. The second-order valence-corrected chi connectivity index (χ2v) is 13.9. The van der Waals surface area contributed by atoms with Gasteiger partial charge in [0.2, 0.25) is 0 Å². The molecular weight excluding hydrogens is 578 g/mol. The minimum atomic E-state index is -3.26. The second-order valence-electron chi connectivity index (χ2n) is 7.93. The summed E-state index contributed by atoms with van der Waals surface area (Å²) in [6.45, 7) is 0.431. The van der Waals surface area contributed by atoms with Crippen LogP contribution in [-0.2, 0) is 43.1 Å². The lowest BCUT2D eigenvalue weighted by atomic mass is 10.1. The zero-order valence-electron chi connectivity index (χ0n) is 19.6. The summed E-state index contributed by atoms with van der Waals surface area (Å²) in [7, 11) is -3.26. The van der Waals surface area contributed by atoms with Crippen molar-refractivity contribution in [3.05, 3.63) is 73.7 Å². The van der Waals surface area contributed by atoms with Crippen LogP contribution in [-0.4, -0.2) is 49.2 Å². The molecule has 1 amide bonds. The van der Waals surface area contributed by atoms with Gasteiger partial charge in [-0.2, -0.15) is 0 Å². The first-order chi connectivity index (χ1) is 17.5. The van der Waals surface area contributed by atoms with Crippen LogP contribution in [0.5, 0.6) is 0 Å². The molecule has 0 unspecified atom stereocenters. The van der Waals surface area contributed by atoms with Crippen molar-refractivity contribution in [2.45, 2.75) is 35.6 Å². The number of sulfone groups is 1. The zero-order chi connectivity index (χ0) is 27.0. The van der Waals surface area contributed by atoms with Crippen LogP contribution in [0.3, 0.4) is 0 Å². The van der Waals surface area contributed by atoms with E-state index in [-0.39, 0.29) is 23.2 Å². The summed E-state index contributed by atoms with van der Waals surface area (Å²) in [5.41, 5.74) is 0.865. The van der Waals surface area contributed by atoms with Crippen LogP contribution in [0.1, 0.15) is 31.4 Å². The van der Waals surface area contributed by atoms with E-state index in [1.54, 1.807) is 24.3 Å². The number of halogens is 1. The third kappa shape index (κ3) is 9.24. The number of carboxylic acids is 1. The molecule has 0 fully saturated rings. The number of amides is 1. The number of thioether (sulfide) groups is 1. The minimum absolute atomic E-state index is 0.0246. The molecule has 0 radical (unpaired) electrons. The number of hydrogen-bond acceptors (Lipinski definition) is 9. The lowest BCUT2D eigenvalue weighted by Gasteiger charge is -2.15. The van der Waals surface area contributed by atoms with E-state index < -0.39 is 40.0 Å². The largest absolute Gasteiger partial charge is 0.481 e. The van der Waals surface area contributed by atoms with Crippen molar-refractivity contribution in [1.29, 1.82) is 0 Å². The van der Waals surface area contributed by atoms with Crippen LogP contribution in [0.25, 0.3) is 0 Å². The highest BCUT2D eigenvalue weighted by Crippen LogP contribution is 2.24. The van der Waals surface area contributed by atoms with Crippen molar-refractivity contribution < 1.29 is 32.6 Å². The molecule has 2 aromatic heterocycles. The van der Waals surface area contributed by atoms with E-state index in [4.69, 9.17) is 16.3 Å². The van der Waals surface area contributed by atoms with Crippen LogP contribution < -0.4 is 5.32 Å². The molecule has 3 rings (SSSR count). The van der Waals surface area contributed by atoms with Gasteiger partial charge in [-0.1, -0.05) is 29.8 Å². The number of carbonyl (C=O) groups is 3. The van der Waals surface area contributed by atoms with Gasteiger partial charge in [0.05, 0.1) is 36.3 Å². The van der Waals surface area contributed by atoms with E-state index >= 15 is 0 Å². The van der Waals surface area contributed by atoms with Gasteiger partial charge in [-0.3, -0.25) is 14.4 Å². The first-order valence-electron chi connectivity index (χ1n) is 10.8. The Bertz CT molecular complexity index is 1370. The number of thiophene rings is 2. The number of aliphatic carboxylic acids is 1. The predicted octanol–water partition coefficient (Wildman–Crippen LogP) is 4.66. The number of benzene rings is 1. The molecule has 37 heavy (non-hydrogen) atoms. The summed E-state index contributed by atoms with van der Waals surface area (Å²) in [6, 6.07) is 12.6. The maximum Gasteiger partial charge on any atom is 0.305 e. The van der Waals surface area contributed by atoms with Gasteiger partial charge in [-0.15, -0.1) is 34.4 Å². The van der Waals surface area contributed by atoms with Crippen LogP contribution >= 0.6 is 46.0 Å². The van der Waals surface area contributed by atoms with Gasteiger partial charge in [0.15, 0.2) is 15.6 Å². The highest BCUT2D eigenvalue weighted by Gasteiger charge is 2.25. The molecule has 0 spiro atoms. The Balaban J connectivity index is 1.51. The van der Waals surface area contributed by atoms with Gasteiger partial charge in [0.25, 0.3) is 5.91 Å². The van der Waals surface area contributed by atoms with Gasteiger partial charge in [0, 0.05) is 26.8 Å². The molecular formula is C24H24ClNO7S4. The van der Waals surface area contributed by atoms with Gasteiger partial charge < -0.3 is 15.2 Å². The summed E-state index contributed by atoms with van der Waals surface area (Å²) in [5.74, 6) is -1.62. The highest BCUT2D eigenvalue weighted by atomic mass is 35.5. The molecule has 1 aromatic carbocycles. The summed E-state index contributed by atoms with van der Waals surface area (Å²) < 4.78 is 29.1. The number of rotatable bonds is 14. The van der Waals surface area contributed by atoms with Gasteiger partial charge >= 0.3 is 5.97 Å². The molecule has 13 heteroatoms. The molecule has 0 saturated carbocycles. The molecule has 3 aromatic rings. The predicted molar refractivity (Wildman–Crippen MR) is 146 cm³/mol. The van der Waals surface area contributed by atoms with E-state index in [1.165, 1.54) is 29.2 Å². The maximum atomic E-state index is 12.7. The lowest BCUT2D eigenvalue weighted by molar-refractivity contribution is -0.139. The van der Waals surface area contributed by atoms with E-state index in [9.17, 15) is 27.9 Å². The average Bonchev–Trinajstić information content (AvgIpc) is 3.49. The fourth-order valence-corrected chi connectivity index (χ4v) is 7.11. The topological polar surface area (TPSA) is 127 Å². The number of ketones is 1. The minimum Gasteiger partial charge on any atom is -0.481 e. The van der Waals surface area contributed by atoms with Crippen molar-refractivity contribution in [2.24, 2.45) is 0 Å². The van der Waals surface area contributed by atoms with Crippen molar-refractivity contribution in [3.63, 3.8) is 0 Å². The molecule has 0 aliphatic carbocycles. The van der Waals surface area contributed by atoms with Crippen LogP contribution in [0, 0.1) is 0 Å². The molecule has 0 aliphatic rings. The third-order valence-electron chi connectivity index (χ3n) is 4.91. The Morgan fingerprint density at radius 1 is 1.05 bits per heavy atom. The number of nitrogens with one attached hydrogen (secondary N) is 1. The van der Waals surface area contributed by atoms with Crippen LogP contribution in [0.4, 0.5) is 0 Å². The fraction of sp³-hybridized carbons (Fsp3) is 0.292. The van der Waals surface area contributed by atoms with Crippen LogP contribution in [0.2, 0.25) is 5.02 Å². The second kappa shape index (κ2) is 13.5. The smallest absolute Gasteiger partial charge is 0.305 e. The summed E-state index contributed by atoms with van der Waals surface area (Å²) in [6.07, 6.45) is 0.630. The normalized spacial score (nSPS) is 12.3. The molecule has 1 atom stereocenters. The first-order valence-corrected chi connectivity index (χ1v) is 15.9. The average molecular weight is 602 g/mol. The van der Waals surface area contributed by atoms with Crippen molar-refractivity contribution >= 4 is 73.5 Å². The fourth-order valence-electron chi connectivity index (χ4n) is 3.09. The number of carboxylic acid groups (broad SMARTS) is 1. The van der Waals surface area contributed by atoms with Gasteiger partial charge in [0.1, 0.15) is 4.21 Å². The molecule has 198 valence electrons. The Kier molecular flexibility index (Phi) is 10.7. The SMILES string of the molecule is CS(=O)(=O)c1ccc(COCc2ccc(C(=O)N[C@@H](CC(=O)O)C(=O)CSCc3ccccc3Cl)s2)s1. The number of ether oxygens (including phenoxy) is 1. The lowest BCUT2D eigenvalue weighted by Crippen LogP contribution is -2.43. The van der Waals surface area contributed by atoms with Crippen molar-refractivity contribution in [2.75, 3.05) is 12.0 Å². The van der Waals surface area contributed by atoms with E-state index in [0.29, 0.717) is 15.7 Å². The maximum absolute atomic E-state index is 12.7. The quantitative estimate of drug-likeness (QED) is 0.273. The molecule has 2 N–H and O–H groups in total. The first kappa shape index (κ1) is 29.3. The van der Waals surface area contributed by atoms with E-state index in [2.05, 4.69) is 5.32 Å². The Labute approximate surface area is 231 Å². The number of carbonyl (C=O) groups excluding carboxylic acids is 2.